The van der Waals surface area contributed by atoms with Gasteiger partial charge in [0.05, 0.1) is 11.6 Å². The number of nitrogens with zero attached hydrogens (tertiary/aromatic N) is 2. The van der Waals surface area contributed by atoms with Crippen LogP contribution < -0.4 is 4.90 Å². The molecule has 0 aliphatic carbocycles. The lowest BCUT2D eigenvalue weighted by molar-refractivity contribution is -0.132. The van der Waals surface area contributed by atoms with E-state index in [2.05, 4.69) is 20.9 Å². The van der Waals surface area contributed by atoms with Crippen LogP contribution in [0.5, 0.6) is 0 Å². The molecule has 0 saturated carbocycles. The molecule has 1 unspecified atom stereocenters. The molecule has 1 aliphatic rings. The highest BCUT2D eigenvalue weighted by Crippen LogP contribution is 2.42. The van der Waals surface area contributed by atoms with Gasteiger partial charge in [0.2, 0.25) is 0 Å². The first-order valence-electron chi connectivity index (χ1n) is 8.71. The lowest BCUT2D eigenvalue weighted by Crippen LogP contribution is -2.30. The van der Waals surface area contributed by atoms with E-state index in [0.29, 0.717) is 10.0 Å². The number of ketones is 1. The van der Waals surface area contributed by atoms with E-state index in [1.165, 1.54) is 24.4 Å². The van der Waals surface area contributed by atoms with E-state index in [9.17, 15) is 19.1 Å². The van der Waals surface area contributed by atoms with Gasteiger partial charge < -0.3 is 5.11 Å². The SMILES string of the molecule is O=C1C(=O)N(c2ccc(Br)cn2)C(c2ccccc2F)/C1=C(\O)c1ccccc1. The molecule has 1 N–H and O–H groups in total. The number of benzene rings is 2. The van der Waals surface area contributed by atoms with Crippen molar-refractivity contribution in [3.05, 3.63) is 99.9 Å². The van der Waals surface area contributed by atoms with Gasteiger partial charge in [0.25, 0.3) is 5.78 Å². The van der Waals surface area contributed by atoms with E-state index in [4.69, 9.17) is 0 Å². The van der Waals surface area contributed by atoms with E-state index < -0.39 is 23.5 Å². The average Bonchev–Trinajstić information content (AvgIpc) is 3.00. The number of amides is 1. The van der Waals surface area contributed by atoms with Crippen molar-refractivity contribution < 1.29 is 19.1 Å². The summed E-state index contributed by atoms with van der Waals surface area (Å²) >= 11 is 3.28. The van der Waals surface area contributed by atoms with Crippen LogP contribution in [-0.4, -0.2) is 21.8 Å². The third-order valence-electron chi connectivity index (χ3n) is 4.65. The number of halogens is 2. The van der Waals surface area contributed by atoms with Crippen molar-refractivity contribution in [2.24, 2.45) is 0 Å². The molecule has 2 heterocycles. The van der Waals surface area contributed by atoms with Crippen LogP contribution in [0.2, 0.25) is 0 Å². The number of carbonyl (C=O) groups is 2. The van der Waals surface area contributed by atoms with Crippen molar-refractivity contribution in [3.63, 3.8) is 0 Å². The second-order valence-electron chi connectivity index (χ2n) is 6.39. The Bertz CT molecular complexity index is 1130. The second kappa shape index (κ2) is 7.60. The van der Waals surface area contributed by atoms with Gasteiger partial charge in [-0.25, -0.2) is 9.37 Å². The van der Waals surface area contributed by atoms with Crippen LogP contribution in [0.1, 0.15) is 17.2 Å². The Morgan fingerprint density at radius 3 is 2.34 bits per heavy atom. The van der Waals surface area contributed by atoms with E-state index >= 15 is 0 Å². The Kier molecular flexibility index (Phi) is 4.98. The molecule has 29 heavy (non-hydrogen) atoms. The molecule has 0 bridgehead atoms. The predicted molar refractivity (Wildman–Crippen MR) is 110 cm³/mol. The maximum absolute atomic E-state index is 14.7. The van der Waals surface area contributed by atoms with Crippen LogP contribution in [0.4, 0.5) is 10.2 Å². The lowest BCUT2D eigenvalue weighted by atomic mass is 9.95. The van der Waals surface area contributed by atoms with Crippen molar-refractivity contribution in [1.29, 1.82) is 0 Å². The molecule has 5 nitrogen and oxygen atoms in total. The fourth-order valence-electron chi connectivity index (χ4n) is 3.32. The summed E-state index contributed by atoms with van der Waals surface area (Å²) in [5, 5.41) is 10.9. The predicted octanol–water partition coefficient (Wildman–Crippen LogP) is 4.61. The summed E-state index contributed by atoms with van der Waals surface area (Å²) in [6.45, 7) is 0. The Morgan fingerprint density at radius 1 is 1.00 bits per heavy atom. The first kappa shape index (κ1) is 19.0. The maximum atomic E-state index is 14.7. The Balaban J connectivity index is 1.97. The topological polar surface area (TPSA) is 70.5 Å². The summed E-state index contributed by atoms with van der Waals surface area (Å²) in [7, 11) is 0. The zero-order valence-electron chi connectivity index (χ0n) is 14.9. The van der Waals surface area contributed by atoms with Crippen molar-refractivity contribution in [1.82, 2.24) is 4.98 Å². The molecule has 2 aromatic carbocycles. The number of aliphatic hydroxyl groups excluding tert-OH is 1. The van der Waals surface area contributed by atoms with Crippen LogP contribution >= 0.6 is 15.9 Å². The van der Waals surface area contributed by atoms with E-state index in [1.807, 2.05) is 0 Å². The van der Waals surface area contributed by atoms with Gasteiger partial charge in [-0.05, 0) is 34.1 Å². The van der Waals surface area contributed by atoms with Crippen molar-refractivity contribution >= 4 is 39.2 Å². The highest BCUT2D eigenvalue weighted by molar-refractivity contribution is 9.10. The smallest absolute Gasteiger partial charge is 0.301 e. The summed E-state index contributed by atoms with van der Waals surface area (Å²) in [6, 6.07) is 16.3. The molecule has 1 amide bonds. The van der Waals surface area contributed by atoms with Gasteiger partial charge >= 0.3 is 5.91 Å². The number of aromatic nitrogens is 1. The summed E-state index contributed by atoms with van der Waals surface area (Å²) < 4.78 is 15.4. The summed E-state index contributed by atoms with van der Waals surface area (Å²) in [4.78, 5) is 31.1. The van der Waals surface area contributed by atoms with Gasteiger partial charge in [0.1, 0.15) is 17.4 Å². The van der Waals surface area contributed by atoms with Crippen molar-refractivity contribution in [2.75, 3.05) is 4.90 Å². The fraction of sp³-hybridized carbons (Fsp3) is 0.0455. The first-order valence-corrected chi connectivity index (χ1v) is 9.50. The number of rotatable bonds is 3. The van der Waals surface area contributed by atoms with Crippen LogP contribution in [0, 0.1) is 5.82 Å². The number of Topliss-reactive ketones (excluding diaryl/α,β-unsaturated/α-hetero) is 1. The molecule has 1 atom stereocenters. The molecule has 0 radical (unpaired) electrons. The number of hydrogen-bond acceptors (Lipinski definition) is 4. The van der Waals surface area contributed by atoms with Gasteiger partial charge in [-0.1, -0.05) is 48.5 Å². The second-order valence-corrected chi connectivity index (χ2v) is 7.31. The van der Waals surface area contributed by atoms with E-state index in [0.717, 1.165) is 4.90 Å². The molecular formula is C22H14BrFN2O3. The minimum atomic E-state index is -1.15. The average molecular weight is 453 g/mol. The lowest BCUT2D eigenvalue weighted by Gasteiger charge is -2.24. The van der Waals surface area contributed by atoms with E-state index in [1.54, 1.807) is 48.5 Å². The van der Waals surface area contributed by atoms with Crippen LogP contribution in [0.15, 0.2) is 83.0 Å². The molecular weight excluding hydrogens is 439 g/mol. The van der Waals surface area contributed by atoms with E-state index in [-0.39, 0.29) is 22.7 Å². The molecule has 3 aromatic rings. The van der Waals surface area contributed by atoms with Gasteiger partial charge in [0.15, 0.2) is 0 Å². The van der Waals surface area contributed by atoms with Crippen LogP contribution in [0.25, 0.3) is 5.76 Å². The number of anilines is 1. The number of hydrogen-bond donors (Lipinski definition) is 1. The minimum absolute atomic E-state index is 0.0916. The molecule has 1 aromatic heterocycles. The molecule has 1 fully saturated rings. The fourth-order valence-corrected chi connectivity index (χ4v) is 3.56. The summed E-state index contributed by atoms with van der Waals surface area (Å²) in [6.07, 6.45) is 1.48. The Hall–Kier alpha value is -3.32. The van der Waals surface area contributed by atoms with Crippen LogP contribution in [0.3, 0.4) is 0 Å². The third kappa shape index (κ3) is 3.34. The highest BCUT2D eigenvalue weighted by Gasteiger charge is 2.48. The zero-order chi connectivity index (χ0) is 20.5. The van der Waals surface area contributed by atoms with Crippen LogP contribution in [-0.2, 0) is 9.59 Å². The molecule has 7 heteroatoms. The minimum Gasteiger partial charge on any atom is -0.507 e. The number of carbonyl (C=O) groups excluding carboxylic acids is 2. The van der Waals surface area contributed by atoms with Gasteiger partial charge in [-0.2, -0.15) is 0 Å². The maximum Gasteiger partial charge on any atom is 0.301 e. The normalized spacial score (nSPS) is 18.3. The number of aliphatic hydroxyl groups is 1. The van der Waals surface area contributed by atoms with Crippen molar-refractivity contribution in [3.8, 4) is 0 Å². The summed E-state index contributed by atoms with van der Waals surface area (Å²) in [5.41, 5.74) is 0.264. The van der Waals surface area contributed by atoms with Crippen molar-refractivity contribution in [2.45, 2.75) is 6.04 Å². The molecule has 144 valence electrons. The zero-order valence-corrected chi connectivity index (χ0v) is 16.5. The molecule has 0 spiro atoms. The Labute approximate surface area is 174 Å². The largest absolute Gasteiger partial charge is 0.507 e. The highest BCUT2D eigenvalue weighted by atomic mass is 79.9. The monoisotopic (exact) mass is 452 g/mol. The first-order chi connectivity index (χ1) is 14.0. The van der Waals surface area contributed by atoms with Gasteiger partial charge in [0, 0.05) is 21.8 Å². The third-order valence-corrected chi connectivity index (χ3v) is 5.12. The molecule has 1 aliphatic heterocycles. The standard InChI is InChI=1S/C22H14BrFN2O3/c23-14-10-11-17(25-12-14)26-19(15-8-4-5-9-16(15)24)18(21(28)22(26)29)20(27)13-6-2-1-3-7-13/h1-12,19,27H/b20-18+. The molecule has 4 rings (SSSR count). The quantitative estimate of drug-likeness (QED) is 0.357. The Morgan fingerprint density at radius 2 is 1.69 bits per heavy atom. The van der Waals surface area contributed by atoms with Gasteiger partial charge in [-0.15, -0.1) is 0 Å². The molecule has 1 saturated heterocycles. The number of pyridine rings is 1. The van der Waals surface area contributed by atoms with Gasteiger partial charge in [-0.3, -0.25) is 14.5 Å². The summed E-state index contributed by atoms with van der Waals surface area (Å²) in [5.74, 6) is -2.57.